The summed E-state index contributed by atoms with van der Waals surface area (Å²) in [4.78, 5) is 28.5. The maximum absolute atomic E-state index is 12.4. The number of methoxy groups -OCH3 is 1. The molecule has 2 aromatic carbocycles. The van der Waals surface area contributed by atoms with Crippen molar-refractivity contribution >= 4 is 57.4 Å². The van der Waals surface area contributed by atoms with E-state index in [2.05, 4.69) is 10.3 Å². The lowest BCUT2D eigenvalue weighted by molar-refractivity contribution is 0.0526. The van der Waals surface area contributed by atoms with Crippen LogP contribution in [0.25, 0.3) is 10.9 Å². The first kappa shape index (κ1) is 19.9. The van der Waals surface area contributed by atoms with E-state index in [-0.39, 0.29) is 17.2 Å². The van der Waals surface area contributed by atoms with Crippen molar-refractivity contribution in [2.75, 3.05) is 19.0 Å². The summed E-state index contributed by atoms with van der Waals surface area (Å²) in [6.45, 7) is 1.94. The Morgan fingerprint density at radius 1 is 1.14 bits per heavy atom. The maximum Gasteiger partial charge on any atom is 0.341 e. The van der Waals surface area contributed by atoms with Crippen LogP contribution in [0.5, 0.6) is 0 Å². The van der Waals surface area contributed by atoms with Gasteiger partial charge < -0.3 is 14.8 Å². The molecule has 0 amide bonds. The van der Waals surface area contributed by atoms with Crippen LogP contribution >= 0.6 is 23.2 Å². The first-order valence-electron chi connectivity index (χ1n) is 8.35. The summed E-state index contributed by atoms with van der Waals surface area (Å²) in [6, 6.07) is 10.0. The van der Waals surface area contributed by atoms with Gasteiger partial charge in [0.25, 0.3) is 0 Å². The van der Waals surface area contributed by atoms with Crippen LogP contribution in [0.1, 0.15) is 27.6 Å². The molecule has 3 aromatic rings. The molecule has 144 valence electrons. The number of pyridine rings is 1. The smallest absolute Gasteiger partial charge is 0.341 e. The summed E-state index contributed by atoms with van der Waals surface area (Å²) in [7, 11) is 1.31. The summed E-state index contributed by atoms with van der Waals surface area (Å²) >= 11 is 12.4. The van der Waals surface area contributed by atoms with E-state index < -0.39 is 11.9 Å². The van der Waals surface area contributed by atoms with Gasteiger partial charge in [0, 0.05) is 17.3 Å². The SMILES string of the molecule is CCOC(=O)c1cnc2c(Cl)c(Cl)ccc2c1Nc1cccc(C(=O)OC)c1. The molecule has 0 spiro atoms. The Morgan fingerprint density at radius 3 is 2.64 bits per heavy atom. The molecular formula is C20H16Cl2N2O4. The van der Waals surface area contributed by atoms with E-state index in [1.54, 1.807) is 43.3 Å². The molecule has 0 radical (unpaired) electrons. The van der Waals surface area contributed by atoms with Crippen LogP contribution in [-0.2, 0) is 9.47 Å². The average molecular weight is 419 g/mol. The molecule has 3 rings (SSSR count). The number of fused-ring (bicyclic) bond motifs is 1. The molecule has 0 unspecified atom stereocenters. The van der Waals surface area contributed by atoms with Gasteiger partial charge in [-0.3, -0.25) is 4.98 Å². The number of aromatic nitrogens is 1. The third-order valence-electron chi connectivity index (χ3n) is 3.98. The highest BCUT2D eigenvalue weighted by Gasteiger charge is 2.19. The Bertz CT molecular complexity index is 1070. The summed E-state index contributed by atoms with van der Waals surface area (Å²) in [5, 5.41) is 4.39. The summed E-state index contributed by atoms with van der Waals surface area (Å²) in [5.74, 6) is -1.00. The Hall–Kier alpha value is -2.83. The van der Waals surface area contributed by atoms with Crippen molar-refractivity contribution in [1.29, 1.82) is 0 Å². The molecular weight excluding hydrogens is 403 g/mol. The van der Waals surface area contributed by atoms with E-state index in [0.717, 1.165) is 0 Å². The zero-order valence-electron chi connectivity index (χ0n) is 15.1. The van der Waals surface area contributed by atoms with Gasteiger partial charge in [0.1, 0.15) is 5.56 Å². The highest BCUT2D eigenvalue weighted by Crippen LogP contribution is 2.36. The average Bonchev–Trinajstić information content (AvgIpc) is 2.70. The van der Waals surface area contributed by atoms with Crippen molar-refractivity contribution < 1.29 is 19.1 Å². The number of esters is 2. The van der Waals surface area contributed by atoms with E-state index in [1.807, 2.05) is 0 Å². The van der Waals surface area contributed by atoms with Crippen molar-refractivity contribution in [2.45, 2.75) is 6.92 Å². The molecule has 1 N–H and O–H groups in total. The molecule has 0 atom stereocenters. The van der Waals surface area contributed by atoms with E-state index in [0.29, 0.717) is 32.9 Å². The highest BCUT2D eigenvalue weighted by molar-refractivity contribution is 6.45. The Labute approximate surface area is 171 Å². The second-order valence-electron chi connectivity index (χ2n) is 5.72. The summed E-state index contributed by atoms with van der Waals surface area (Å²) in [5.41, 5.74) is 2.06. The van der Waals surface area contributed by atoms with Crippen LogP contribution in [0.3, 0.4) is 0 Å². The third kappa shape index (κ3) is 3.88. The van der Waals surface area contributed by atoms with Crippen LogP contribution in [0.2, 0.25) is 10.0 Å². The first-order valence-corrected chi connectivity index (χ1v) is 9.11. The van der Waals surface area contributed by atoms with Crippen molar-refractivity contribution in [3.63, 3.8) is 0 Å². The van der Waals surface area contributed by atoms with Gasteiger partial charge >= 0.3 is 11.9 Å². The quantitative estimate of drug-likeness (QED) is 0.570. The first-order chi connectivity index (χ1) is 13.5. The highest BCUT2D eigenvalue weighted by atomic mass is 35.5. The number of hydrogen-bond acceptors (Lipinski definition) is 6. The molecule has 0 saturated carbocycles. The van der Waals surface area contributed by atoms with Gasteiger partial charge in [0.2, 0.25) is 0 Å². The Kier molecular flexibility index (Phi) is 6.02. The second kappa shape index (κ2) is 8.46. The lowest BCUT2D eigenvalue weighted by Crippen LogP contribution is -2.10. The molecule has 0 aliphatic rings. The standard InChI is InChI=1S/C20H16Cl2N2O4/c1-3-28-20(26)14-10-23-18-13(7-8-15(21)16(18)22)17(14)24-12-6-4-5-11(9-12)19(25)27-2/h4-10H,3H2,1-2H3,(H,23,24). The second-order valence-corrected chi connectivity index (χ2v) is 6.51. The van der Waals surface area contributed by atoms with Crippen LogP contribution in [0, 0.1) is 0 Å². The number of halogens is 2. The molecule has 28 heavy (non-hydrogen) atoms. The number of hydrogen-bond donors (Lipinski definition) is 1. The van der Waals surface area contributed by atoms with Gasteiger partial charge in [-0.05, 0) is 37.3 Å². The molecule has 6 nitrogen and oxygen atoms in total. The third-order valence-corrected chi connectivity index (χ3v) is 4.77. The Morgan fingerprint density at radius 2 is 1.93 bits per heavy atom. The number of ether oxygens (including phenoxy) is 2. The largest absolute Gasteiger partial charge is 0.465 e. The monoisotopic (exact) mass is 418 g/mol. The molecule has 1 heterocycles. The molecule has 0 fully saturated rings. The minimum absolute atomic E-state index is 0.218. The fourth-order valence-electron chi connectivity index (χ4n) is 2.69. The van der Waals surface area contributed by atoms with Gasteiger partial charge in [-0.1, -0.05) is 29.3 Å². The minimum atomic E-state index is -0.533. The minimum Gasteiger partial charge on any atom is -0.465 e. The van der Waals surface area contributed by atoms with Crippen molar-refractivity contribution in [1.82, 2.24) is 4.98 Å². The van der Waals surface area contributed by atoms with Crippen LogP contribution in [-0.4, -0.2) is 30.6 Å². The van der Waals surface area contributed by atoms with Crippen molar-refractivity contribution in [3.05, 3.63) is 63.8 Å². The number of rotatable bonds is 5. The molecule has 0 bridgehead atoms. The predicted molar refractivity (Wildman–Crippen MR) is 109 cm³/mol. The van der Waals surface area contributed by atoms with E-state index in [1.165, 1.54) is 13.3 Å². The topological polar surface area (TPSA) is 77.5 Å². The van der Waals surface area contributed by atoms with E-state index in [4.69, 9.17) is 32.7 Å². The van der Waals surface area contributed by atoms with Crippen LogP contribution in [0.15, 0.2) is 42.6 Å². The summed E-state index contributed by atoms with van der Waals surface area (Å²) in [6.07, 6.45) is 1.38. The van der Waals surface area contributed by atoms with Crippen LogP contribution in [0.4, 0.5) is 11.4 Å². The van der Waals surface area contributed by atoms with E-state index >= 15 is 0 Å². The van der Waals surface area contributed by atoms with Gasteiger partial charge in [0.15, 0.2) is 0 Å². The number of anilines is 2. The lowest BCUT2D eigenvalue weighted by Gasteiger charge is -2.15. The molecule has 1 aromatic heterocycles. The maximum atomic E-state index is 12.4. The van der Waals surface area contributed by atoms with Gasteiger partial charge in [-0.25, -0.2) is 9.59 Å². The normalized spacial score (nSPS) is 10.6. The van der Waals surface area contributed by atoms with E-state index in [9.17, 15) is 9.59 Å². The number of nitrogens with one attached hydrogen (secondary N) is 1. The van der Waals surface area contributed by atoms with Gasteiger partial charge in [-0.2, -0.15) is 0 Å². The van der Waals surface area contributed by atoms with Gasteiger partial charge in [-0.15, -0.1) is 0 Å². The predicted octanol–water partition coefficient (Wildman–Crippen LogP) is 5.25. The number of carbonyl (C=O) groups excluding carboxylic acids is 2. The molecule has 8 heteroatoms. The van der Waals surface area contributed by atoms with Crippen molar-refractivity contribution in [2.24, 2.45) is 0 Å². The Balaban J connectivity index is 2.17. The zero-order valence-corrected chi connectivity index (χ0v) is 16.6. The number of benzene rings is 2. The fourth-order valence-corrected chi connectivity index (χ4v) is 3.06. The zero-order chi connectivity index (χ0) is 20.3. The fraction of sp³-hybridized carbons (Fsp3) is 0.150. The summed E-state index contributed by atoms with van der Waals surface area (Å²) < 4.78 is 9.89. The number of carbonyl (C=O) groups is 2. The number of nitrogens with zero attached hydrogens (tertiary/aromatic N) is 1. The molecule has 0 aliphatic carbocycles. The molecule has 0 aliphatic heterocycles. The van der Waals surface area contributed by atoms with Gasteiger partial charge in [0.05, 0.1) is 40.5 Å². The van der Waals surface area contributed by atoms with Crippen LogP contribution < -0.4 is 5.32 Å². The lowest BCUT2D eigenvalue weighted by atomic mass is 10.1. The molecule has 0 saturated heterocycles. The van der Waals surface area contributed by atoms with Crippen molar-refractivity contribution in [3.8, 4) is 0 Å².